The fourth-order valence-electron chi connectivity index (χ4n) is 3.52. The predicted molar refractivity (Wildman–Crippen MR) is 117 cm³/mol. The second-order valence-electron chi connectivity index (χ2n) is 7.33. The molecule has 1 heterocycles. The SMILES string of the molecule is O=C(c1ccccc1)c1ccc(OCC(=O)N2CC=C(c3ccc(F)cc3)CC2)cc1. The number of nitrogens with zero attached hydrogens (tertiary/aromatic N) is 1. The van der Waals surface area contributed by atoms with Crippen molar-refractivity contribution < 1.29 is 18.7 Å². The van der Waals surface area contributed by atoms with Crippen molar-refractivity contribution >= 4 is 17.3 Å². The van der Waals surface area contributed by atoms with Crippen LogP contribution < -0.4 is 4.74 Å². The van der Waals surface area contributed by atoms with Gasteiger partial charge < -0.3 is 9.64 Å². The molecule has 0 saturated carbocycles. The number of benzene rings is 3. The molecule has 0 spiro atoms. The molecule has 1 aliphatic rings. The second kappa shape index (κ2) is 9.39. The predicted octanol–water partition coefficient (Wildman–Crippen LogP) is 4.75. The lowest BCUT2D eigenvalue weighted by Crippen LogP contribution is -2.37. The van der Waals surface area contributed by atoms with Crippen molar-refractivity contribution in [2.24, 2.45) is 0 Å². The maximum Gasteiger partial charge on any atom is 0.260 e. The van der Waals surface area contributed by atoms with Crippen molar-refractivity contribution in [3.63, 3.8) is 0 Å². The summed E-state index contributed by atoms with van der Waals surface area (Å²) in [6, 6.07) is 22.3. The van der Waals surface area contributed by atoms with E-state index in [-0.39, 0.29) is 24.1 Å². The Kier molecular flexibility index (Phi) is 6.22. The Labute approximate surface area is 180 Å². The fourth-order valence-corrected chi connectivity index (χ4v) is 3.52. The minimum atomic E-state index is -0.258. The van der Waals surface area contributed by atoms with Crippen molar-refractivity contribution in [1.29, 1.82) is 0 Å². The summed E-state index contributed by atoms with van der Waals surface area (Å²) in [5.74, 6) is 0.128. The number of halogens is 1. The number of ketones is 1. The van der Waals surface area contributed by atoms with Gasteiger partial charge in [-0.1, -0.05) is 48.5 Å². The summed E-state index contributed by atoms with van der Waals surface area (Å²) in [6.45, 7) is 1.03. The van der Waals surface area contributed by atoms with Gasteiger partial charge in [0.15, 0.2) is 12.4 Å². The molecule has 1 amide bonds. The Bertz CT molecular complexity index is 1090. The molecule has 3 aromatic carbocycles. The third-order valence-electron chi connectivity index (χ3n) is 5.29. The molecule has 3 aromatic rings. The maximum absolute atomic E-state index is 13.1. The van der Waals surface area contributed by atoms with Gasteiger partial charge in [-0.05, 0) is 54.0 Å². The van der Waals surface area contributed by atoms with Crippen molar-refractivity contribution in [2.75, 3.05) is 19.7 Å². The van der Waals surface area contributed by atoms with Crippen molar-refractivity contribution in [3.8, 4) is 5.75 Å². The quantitative estimate of drug-likeness (QED) is 0.546. The highest BCUT2D eigenvalue weighted by atomic mass is 19.1. The molecule has 0 saturated heterocycles. The molecular formula is C26H22FNO3. The van der Waals surface area contributed by atoms with Crippen molar-refractivity contribution in [3.05, 3.63) is 107 Å². The molecule has 0 aromatic heterocycles. The highest BCUT2D eigenvalue weighted by molar-refractivity contribution is 6.09. The van der Waals surface area contributed by atoms with Crippen LogP contribution in [0, 0.1) is 5.82 Å². The lowest BCUT2D eigenvalue weighted by Gasteiger charge is -2.26. The largest absolute Gasteiger partial charge is 0.484 e. The molecule has 0 aliphatic carbocycles. The monoisotopic (exact) mass is 415 g/mol. The Morgan fingerprint density at radius 1 is 0.871 bits per heavy atom. The van der Waals surface area contributed by atoms with E-state index in [2.05, 4.69) is 0 Å². The number of amides is 1. The summed E-state index contributed by atoms with van der Waals surface area (Å²) in [6.07, 6.45) is 2.71. The van der Waals surface area contributed by atoms with Crippen LogP contribution in [-0.4, -0.2) is 36.3 Å². The first kappa shape index (κ1) is 20.5. The Balaban J connectivity index is 1.30. The number of rotatable bonds is 6. The van der Waals surface area contributed by atoms with Crippen LogP contribution in [0.2, 0.25) is 0 Å². The zero-order chi connectivity index (χ0) is 21.6. The minimum absolute atomic E-state index is 0.0553. The molecule has 4 rings (SSSR count). The lowest BCUT2D eigenvalue weighted by atomic mass is 9.99. The molecule has 0 fully saturated rings. The lowest BCUT2D eigenvalue weighted by molar-refractivity contribution is -0.132. The topological polar surface area (TPSA) is 46.6 Å². The van der Waals surface area contributed by atoms with E-state index < -0.39 is 0 Å². The van der Waals surface area contributed by atoms with Gasteiger partial charge >= 0.3 is 0 Å². The summed E-state index contributed by atoms with van der Waals surface area (Å²) in [5, 5.41) is 0. The van der Waals surface area contributed by atoms with Crippen LogP contribution in [0.15, 0.2) is 84.9 Å². The fraction of sp³-hybridized carbons (Fsp3) is 0.154. The zero-order valence-electron chi connectivity index (χ0n) is 17.0. The first-order valence-electron chi connectivity index (χ1n) is 10.2. The first-order valence-corrected chi connectivity index (χ1v) is 10.2. The molecule has 1 aliphatic heterocycles. The minimum Gasteiger partial charge on any atom is -0.484 e. The molecule has 4 nitrogen and oxygen atoms in total. The standard InChI is InChI=1S/C26H22FNO3/c27-23-10-6-19(7-11-23)20-14-16-28(17-15-20)25(29)18-31-24-12-8-22(9-13-24)26(30)21-4-2-1-3-5-21/h1-14H,15-18H2. The van der Waals surface area contributed by atoms with E-state index in [9.17, 15) is 14.0 Å². The maximum atomic E-state index is 13.1. The number of hydrogen-bond acceptors (Lipinski definition) is 3. The van der Waals surface area contributed by atoms with E-state index in [1.165, 1.54) is 12.1 Å². The summed E-state index contributed by atoms with van der Waals surface area (Å²) in [4.78, 5) is 26.7. The van der Waals surface area contributed by atoms with Gasteiger partial charge in [0, 0.05) is 24.2 Å². The number of carbonyl (C=O) groups excluding carboxylic acids is 2. The van der Waals surface area contributed by atoms with Gasteiger partial charge in [-0.3, -0.25) is 9.59 Å². The number of hydrogen-bond donors (Lipinski definition) is 0. The van der Waals surface area contributed by atoms with Gasteiger partial charge in [-0.25, -0.2) is 4.39 Å². The van der Waals surface area contributed by atoms with Gasteiger partial charge in [0.25, 0.3) is 5.91 Å². The molecule has 31 heavy (non-hydrogen) atoms. The molecule has 5 heteroatoms. The van der Waals surface area contributed by atoms with E-state index in [0.717, 1.165) is 11.1 Å². The van der Waals surface area contributed by atoms with Crippen LogP contribution in [0.3, 0.4) is 0 Å². The normalized spacial score (nSPS) is 13.5. The Morgan fingerprint density at radius 3 is 2.19 bits per heavy atom. The van der Waals surface area contributed by atoms with Crippen molar-refractivity contribution in [1.82, 2.24) is 4.90 Å². The van der Waals surface area contributed by atoms with Gasteiger partial charge in [-0.2, -0.15) is 0 Å². The molecule has 0 unspecified atom stereocenters. The Morgan fingerprint density at radius 2 is 1.55 bits per heavy atom. The van der Waals surface area contributed by atoms with Crippen LogP contribution in [0.5, 0.6) is 5.75 Å². The number of ether oxygens (including phenoxy) is 1. The molecule has 0 atom stereocenters. The van der Waals surface area contributed by atoms with E-state index in [1.54, 1.807) is 53.4 Å². The van der Waals surface area contributed by atoms with E-state index >= 15 is 0 Å². The van der Waals surface area contributed by atoms with Crippen LogP contribution in [0.4, 0.5) is 4.39 Å². The average Bonchev–Trinajstić information content (AvgIpc) is 2.83. The highest BCUT2D eigenvalue weighted by Gasteiger charge is 2.18. The smallest absolute Gasteiger partial charge is 0.260 e. The Hall–Kier alpha value is -3.73. The van der Waals surface area contributed by atoms with E-state index in [1.807, 2.05) is 24.3 Å². The van der Waals surface area contributed by atoms with Crippen LogP contribution in [-0.2, 0) is 4.79 Å². The van der Waals surface area contributed by atoms with E-state index in [0.29, 0.717) is 36.4 Å². The molecule has 0 N–H and O–H groups in total. The van der Waals surface area contributed by atoms with Crippen LogP contribution in [0.25, 0.3) is 5.57 Å². The molecule has 0 radical (unpaired) electrons. The van der Waals surface area contributed by atoms with Crippen LogP contribution >= 0.6 is 0 Å². The van der Waals surface area contributed by atoms with E-state index in [4.69, 9.17) is 4.74 Å². The molecule has 156 valence electrons. The van der Waals surface area contributed by atoms with Gasteiger partial charge in [0.05, 0.1) is 0 Å². The zero-order valence-corrected chi connectivity index (χ0v) is 17.0. The highest BCUT2D eigenvalue weighted by Crippen LogP contribution is 2.23. The first-order chi connectivity index (χ1) is 15.1. The number of carbonyl (C=O) groups is 2. The molecule has 0 bridgehead atoms. The second-order valence-corrected chi connectivity index (χ2v) is 7.33. The summed E-state index contributed by atoms with van der Waals surface area (Å²) in [7, 11) is 0. The molecular weight excluding hydrogens is 393 g/mol. The van der Waals surface area contributed by atoms with Crippen molar-refractivity contribution in [2.45, 2.75) is 6.42 Å². The summed E-state index contributed by atoms with van der Waals surface area (Å²) in [5.41, 5.74) is 3.29. The summed E-state index contributed by atoms with van der Waals surface area (Å²) < 4.78 is 18.7. The third kappa shape index (κ3) is 5.07. The van der Waals surface area contributed by atoms with Gasteiger partial charge in [0.1, 0.15) is 11.6 Å². The van der Waals surface area contributed by atoms with Gasteiger partial charge in [0.2, 0.25) is 0 Å². The summed E-state index contributed by atoms with van der Waals surface area (Å²) >= 11 is 0. The average molecular weight is 415 g/mol. The van der Waals surface area contributed by atoms with Gasteiger partial charge in [-0.15, -0.1) is 0 Å². The third-order valence-corrected chi connectivity index (χ3v) is 5.29. The van der Waals surface area contributed by atoms with Crippen LogP contribution in [0.1, 0.15) is 27.9 Å².